The van der Waals surface area contributed by atoms with Crippen molar-refractivity contribution in [3.63, 3.8) is 0 Å². The number of carbonyl (C=O) groups is 2. The highest BCUT2D eigenvalue weighted by molar-refractivity contribution is 6.09. The molecular formula is C20H18N2O2. The molecule has 3 rings (SSSR count). The third-order valence-corrected chi connectivity index (χ3v) is 3.85. The van der Waals surface area contributed by atoms with Crippen molar-refractivity contribution >= 4 is 34.0 Å². The lowest BCUT2D eigenvalue weighted by Gasteiger charge is -2.11. The van der Waals surface area contributed by atoms with E-state index in [1.807, 2.05) is 55.5 Å². The monoisotopic (exact) mass is 318 g/mol. The van der Waals surface area contributed by atoms with E-state index in [1.54, 1.807) is 12.1 Å². The molecule has 0 spiro atoms. The van der Waals surface area contributed by atoms with E-state index in [0.717, 1.165) is 22.0 Å². The molecule has 0 unspecified atom stereocenters. The van der Waals surface area contributed by atoms with Gasteiger partial charge >= 0.3 is 0 Å². The quantitative estimate of drug-likeness (QED) is 0.754. The third kappa shape index (κ3) is 3.27. The van der Waals surface area contributed by atoms with E-state index in [4.69, 9.17) is 0 Å². The number of benzene rings is 3. The Morgan fingerprint density at radius 1 is 0.833 bits per heavy atom. The first kappa shape index (κ1) is 15.7. The fraction of sp³-hybridized carbons (Fsp3) is 0.100. The number of hydrogen-bond donors (Lipinski definition) is 2. The van der Waals surface area contributed by atoms with E-state index in [9.17, 15) is 9.59 Å². The fourth-order valence-electron chi connectivity index (χ4n) is 2.62. The second-order valence-corrected chi connectivity index (χ2v) is 5.69. The molecule has 0 bridgehead atoms. The van der Waals surface area contributed by atoms with Crippen LogP contribution in [0.25, 0.3) is 10.8 Å². The Morgan fingerprint density at radius 3 is 2.38 bits per heavy atom. The molecule has 0 saturated carbocycles. The molecule has 0 heterocycles. The molecule has 0 aliphatic rings. The van der Waals surface area contributed by atoms with Crippen LogP contribution in [0.5, 0.6) is 0 Å². The lowest BCUT2D eigenvalue weighted by Crippen LogP contribution is -2.14. The highest BCUT2D eigenvalue weighted by Crippen LogP contribution is 2.24. The van der Waals surface area contributed by atoms with Crippen LogP contribution in [0.4, 0.5) is 11.4 Å². The largest absolute Gasteiger partial charge is 0.326 e. The predicted molar refractivity (Wildman–Crippen MR) is 97.4 cm³/mol. The van der Waals surface area contributed by atoms with Crippen molar-refractivity contribution in [2.75, 3.05) is 10.6 Å². The lowest BCUT2D eigenvalue weighted by molar-refractivity contribution is -0.114. The minimum atomic E-state index is -0.210. The molecule has 0 radical (unpaired) electrons. The molecule has 3 aromatic carbocycles. The number of carbonyl (C=O) groups excluding carboxylic acids is 2. The molecule has 0 saturated heterocycles. The molecule has 0 aliphatic carbocycles. The summed E-state index contributed by atoms with van der Waals surface area (Å²) >= 11 is 0. The Morgan fingerprint density at radius 2 is 1.58 bits per heavy atom. The van der Waals surface area contributed by atoms with Crippen LogP contribution < -0.4 is 10.6 Å². The number of rotatable bonds is 3. The van der Waals surface area contributed by atoms with Crippen LogP contribution in [-0.2, 0) is 4.79 Å². The van der Waals surface area contributed by atoms with Gasteiger partial charge in [-0.1, -0.05) is 42.5 Å². The molecule has 0 aliphatic heterocycles. The van der Waals surface area contributed by atoms with E-state index >= 15 is 0 Å². The first-order chi connectivity index (χ1) is 11.5. The van der Waals surface area contributed by atoms with E-state index in [-0.39, 0.29) is 11.8 Å². The lowest BCUT2D eigenvalue weighted by atomic mass is 10.1. The normalized spacial score (nSPS) is 10.4. The number of aryl methyl sites for hydroxylation is 1. The van der Waals surface area contributed by atoms with Crippen LogP contribution in [0.3, 0.4) is 0 Å². The maximum absolute atomic E-state index is 12.6. The van der Waals surface area contributed by atoms with Gasteiger partial charge in [-0.3, -0.25) is 9.59 Å². The van der Waals surface area contributed by atoms with E-state index in [1.165, 1.54) is 6.92 Å². The van der Waals surface area contributed by atoms with Crippen LogP contribution in [0.15, 0.2) is 60.7 Å². The summed E-state index contributed by atoms with van der Waals surface area (Å²) in [6, 6.07) is 19.0. The molecular weight excluding hydrogens is 300 g/mol. The van der Waals surface area contributed by atoms with Crippen LogP contribution in [0, 0.1) is 6.92 Å². The molecule has 0 atom stereocenters. The summed E-state index contributed by atoms with van der Waals surface area (Å²) in [6.45, 7) is 3.33. The first-order valence-electron chi connectivity index (χ1n) is 7.72. The second-order valence-electron chi connectivity index (χ2n) is 5.69. The number of fused-ring (bicyclic) bond motifs is 1. The van der Waals surface area contributed by atoms with Crippen molar-refractivity contribution in [1.82, 2.24) is 0 Å². The van der Waals surface area contributed by atoms with Gasteiger partial charge in [0.2, 0.25) is 5.91 Å². The Balaban J connectivity index is 1.91. The molecule has 4 heteroatoms. The van der Waals surface area contributed by atoms with Gasteiger partial charge in [0.1, 0.15) is 0 Å². The number of amides is 2. The number of nitrogens with one attached hydrogen (secondary N) is 2. The zero-order chi connectivity index (χ0) is 17.1. The zero-order valence-corrected chi connectivity index (χ0v) is 13.6. The Kier molecular flexibility index (Phi) is 4.29. The maximum atomic E-state index is 12.6. The van der Waals surface area contributed by atoms with Crippen LogP contribution in [-0.4, -0.2) is 11.8 Å². The zero-order valence-electron chi connectivity index (χ0n) is 13.6. The summed E-state index contributed by atoms with van der Waals surface area (Å²) in [5, 5.41) is 7.75. The van der Waals surface area contributed by atoms with Crippen molar-refractivity contribution in [1.29, 1.82) is 0 Å². The van der Waals surface area contributed by atoms with E-state index < -0.39 is 0 Å². The second kappa shape index (κ2) is 6.54. The molecule has 120 valence electrons. The van der Waals surface area contributed by atoms with Crippen molar-refractivity contribution in [3.8, 4) is 0 Å². The number of anilines is 2. The van der Waals surface area contributed by atoms with Gasteiger partial charge in [0.25, 0.3) is 5.91 Å². The summed E-state index contributed by atoms with van der Waals surface area (Å²) in [4.78, 5) is 23.9. The highest BCUT2D eigenvalue weighted by Gasteiger charge is 2.10. The van der Waals surface area contributed by atoms with Gasteiger partial charge < -0.3 is 10.6 Å². The molecule has 0 fully saturated rings. The summed E-state index contributed by atoms with van der Waals surface area (Å²) in [5.41, 5.74) is 2.82. The summed E-state index contributed by atoms with van der Waals surface area (Å²) < 4.78 is 0. The van der Waals surface area contributed by atoms with Crippen molar-refractivity contribution in [3.05, 3.63) is 71.8 Å². The van der Waals surface area contributed by atoms with Crippen LogP contribution >= 0.6 is 0 Å². The number of hydrogen-bond acceptors (Lipinski definition) is 2. The summed E-state index contributed by atoms with van der Waals surface area (Å²) in [6.07, 6.45) is 0. The van der Waals surface area contributed by atoms with Crippen molar-refractivity contribution < 1.29 is 9.59 Å². The Bertz CT molecular complexity index is 927. The molecule has 4 nitrogen and oxygen atoms in total. The smallest absolute Gasteiger partial charge is 0.255 e. The average Bonchev–Trinajstić information content (AvgIpc) is 2.57. The van der Waals surface area contributed by atoms with E-state index in [2.05, 4.69) is 10.6 Å². The molecule has 2 N–H and O–H groups in total. The van der Waals surface area contributed by atoms with Gasteiger partial charge in [-0.25, -0.2) is 0 Å². The van der Waals surface area contributed by atoms with Crippen LogP contribution in [0.2, 0.25) is 0 Å². The maximum Gasteiger partial charge on any atom is 0.255 e. The average molecular weight is 318 g/mol. The van der Waals surface area contributed by atoms with Crippen molar-refractivity contribution in [2.45, 2.75) is 13.8 Å². The highest BCUT2D eigenvalue weighted by atomic mass is 16.2. The third-order valence-electron chi connectivity index (χ3n) is 3.85. The van der Waals surface area contributed by atoms with Gasteiger partial charge in [0.15, 0.2) is 0 Å². The minimum Gasteiger partial charge on any atom is -0.326 e. The Hall–Kier alpha value is -3.14. The van der Waals surface area contributed by atoms with Crippen LogP contribution in [0.1, 0.15) is 22.8 Å². The topological polar surface area (TPSA) is 58.2 Å². The standard InChI is InChI=1S/C20H18N2O2/c1-13-10-11-16(12-19(13)21-14(2)23)20(24)22-18-9-5-7-15-6-3-4-8-17(15)18/h3-12H,1-2H3,(H,21,23)(H,22,24). The molecule has 2 amide bonds. The van der Waals surface area contributed by atoms with Gasteiger partial charge in [-0.2, -0.15) is 0 Å². The van der Waals surface area contributed by atoms with Gasteiger partial charge in [-0.15, -0.1) is 0 Å². The summed E-state index contributed by atoms with van der Waals surface area (Å²) in [5.74, 6) is -0.373. The van der Waals surface area contributed by atoms with Gasteiger partial charge in [0.05, 0.1) is 0 Å². The SMILES string of the molecule is CC(=O)Nc1cc(C(=O)Nc2cccc3ccccc23)ccc1C. The predicted octanol–water partition coefficient (Wildman–Crippen LogP) is 4.36. The fourth-order valence-corrected chi connectivity index (χ4v) is 2.62. The molecule has 0 aromatic heterocycles. The van der Waals surface area contributed by atoms with E-state index in [0.29, 0.717) is 11.3 Å². The first-order valence-corrected chi connectivity index (χ1v) is 7.72. The molecule has 24 heavy (non-hydrogen) atoms. The van der Waals surface area contributed by atoms with Crippen molar-refractivity contribution in [2.24, 2.45) is 0 Å². The van der Waals surface area contributed by atoms with Gasteiger partial charge in [0, 0.05) is 29.2 Å². The van der Waals surface area contributed by atoms with Gasteiger partial charge in [-0.05, 0) is 36.1 Å². The summed E-state index contributed by atoms with van der Waals surface area (Å²) in [7, 11) is 0. The Labute approximate surface area is 140 Å². The minimum absolute atomic E-state index is 0.162. The molecule has 3 aromatic rings.